The molecule has 0 amide bonds. The summed E-state index contributed by atoms with van der Waals surface area (Å²) in [6.07, 6.45) is 4.31. The monoisotopic (exact) mass is 236 g/mol. The van der Waals surface area contributed by atoms with E-state index in [1.54, 1.807) is 0 Å². The molecular formula is C14H19FNO. The third-order valence-corrected chi connectivity index (χ3v) is 3.54. The van der Waals surface area contributed by atoms with Crippen molar-refractivity contribution in [1.29, 1.82) is 0 Å². The van der Waals surface area contributed by atoms with Crippen LogP contribution in [0, 0.1) is 5.82 Å². The summed E-state index contributed by atoms with van der Waals surface area (Å²) in [6, 6.07) is 6.86. The molecule has 1 aromatic rings. The second-order valence-electron chi connectivity index (χ2n) is 4.73. The lowest BCUT2D eigenvalue weighted by Crippen LogP contribution is -2.42. The normalized spacial score (nSPS) is 21.6. The van der Waals surface area contributed by atoms with Gasteiger partial charge < -0.3 is 0 Å². The summed E-state index contributed by atoms with van der Waals surface area (Å²) < 4.78 is 12.7. The van der Waals surface area contributed by atoms with Crippen LogP contribution < -0.4 is 0 Å². The molecule has 1 radical (unpaired) electrons. The minimum atomic E-state index is -0.191. The molecule has 1 unspecified atom stereocenters. The molecule has 0 N–H and O–H groups in total. The van der Waals surface area contributed by atoms with Gasteiger partial charge in [0.2, 0.25) is 0 Å². The molecule has 2 nitrogen and oxygen atoms in total. The smallest absolute Gasteiger partial charge is 0.123 e. The number of hydrogen-bond donors (Lipinski definition) is 0. The minimum Gasteiger partial charge on any atom is -0.298 e. The zero-order valence-electron chi connectivity index (χ0n) is 10.1. The van der Waals surface area contributed by atoms with Crippen LogP contribution in [0.15, 0.2) is 24.3 Å². The van der Waals surface area contributed by atoms with Crippen LogP contribution in [-0.4, -0.2) is 30.6 Å². The van der Waals surface area contributed by atoms with E-state index in [2.05, 4.69) is 4.90 Å². The summed E-state index contributed by atoms with van der Waals surface area (Å²) in [5.41, 5.74) is 1.14. The molecule has 0 aromatic heterocycles. The van der Waals surface area contributed by atoms with E-state index < -0.39 is 0 Å². The zero-order valence-corrected chi connectivity index (χ0v) is 10.1. The second-order valence-corrected chi connectivity index (χ2v) is 4.73. The van der Waals surface area contributed by atoms with Crippen molar-refractivity contribution in [2.75, 3.05) is 19.7 Å². The molecule has 0 spiro atoms. The van der Waals surface area contributed by atoms with Crippen LogP contribution in [0.25, 0.3) is 0 Å². The van der Waals surface area contributed by atoms with Gasteiger partial charge >= 0.3 is 0 Å². The van der Waals surface area contributed by atoms with Gasteiger partial charge in [-0.2, -0.15) is 0 Å². The van der Waals surface area contributed by atoms with Crippen LogP contribution >= 0.6 is 0 Å². The third kappa shape index (κ3) is 3.51. The summed E-state index contributed by atoms with van der Waals surface area (Å²) >= 11 is 0. The first-order valence-corrected chi connectivity index (χ1v) is 6.36. The molecule has 0 saturated carbocycles. The van der Waals surface area contributed by atoms with Gasteiger partial charge in [0, 0.05) is 12.6 Å². The molecule has 3 heteroatoms. The van der Waals surface area contributed by atoms with E-state index in [0.29, 0.717) is 0 Å². The van der Waals surface area contributed by atoms with Crippen molar-refractivity contribution in [3.05, 3.63) is 35.6 Å². The molecule has 93 valence electrons. The van der Waals surface area contributed by atoms with Gasteiger partial charge in [0.15, 0.2) is 0 Å². The van der Waals surface area contributed by atoms with E-state index in [1.807, 2.05) is 12.1 Å². The highest BCUT2D eigenvalue weighted by Crippen LogP contribution is 2.17. The molecule has 1 aromatic carbocycles. The largest absolute Gasteiger partial charge is 0.298 e. The highest BCUT2D eigenvalue weighted by atomic mass is 19.1. The molecule has 1 aliphatic rings. The van der Waals surface area contributed by atoms with E-state index >= 15 is 0 Å². The maximum absolute atomic E-state index is 12.7. The van der Waals surface area contributed by atoms with Gasteiger partial charge in [-0.1, -0.05) is 18.6 Å². The Kier molecular flexibility index (Phi) is 4.51. The molecule has 0 aliphatic carbocycles. The molecule has 1 fully saturated rings. The fourth-order valence-electron chi connectivity index (χ4n) is 2.47. The summed E-state index contributed by atoms with van der Waals surface area (Å²) in [5.74, 6) is -0.191. The standard InChI is InChI=1S/C14H19FNO/c15-13-6-4-12(5-7-13)8-10-16-9-2-1-3-14(16)11-17/h4-7,14H,1-3,8-11H2. The van der Waals surface area contributed by atoms with E-state index in [9.17, 15) is 9.50 Å². The Morgan fingerprint density at radius 3 is 2.71 bits per heavy atom. The van der Waals surface area contributed by atoms with Crippen LogP contribution in [0.5, 0.6) is 0 Å². The molecule has 1 saturated heterocycles. The Hall–Kier alpha value is -0.930. The average Bonchev–Trinajstić information content (AvgIpc) is 2.38. The molecule has 2 rings (SSSR count). The lowest BCUT2D eigenvalue weighted by Gasteiger charge is -2.34. The predicted molar refractivity (Wildman–Crippen MR) is 64.9 cm³/mol. The number of likely N-dealkylation sites (tertiary alicyclic amines) is 1. The lowest BCUT2D eigenvalue weighted by atomic mass is 10.0. The zero-order chi connectivity index (χ0) is 12.1. The van der Waals surface area contributed by atoms with Crippen molar-refractivity contribution in [1.82, 2.24) is 4.90 Å². The second kappa shape index (κ2) is 6.12. The summed E-state index contributed by atoms with van der Waals surface area (Å²) in [5, 5.41) is 11.1. The number of benzene rings is 1. The van der Waals surface area contributed by atoms with Gasteiger partial charge in [-0.05, 0) is 43.5 Å². The molecule has 17 heavy (non-hydrogen) atoms. The summed E-state index contributed by atoms with van der Waals surface area (Å²) in [7, 11) is 0. The van der Waals surface area contributed by atoms with Crippen molar-refractivity contribution in [3.63, 3.8) is 0 Å². The molecule has 0 bridgehead atoms. The van der Waals surface area contributed by atoms with Gasteiger partial charge in [-0.15, -0.1) is 0 Å². The maximum atomic E-state index is 12.7. The van der Waals surface area contributed by atoms with Crippen molar-refractivity contribution in [2.24, 2.45) is 0 Å². The number of piperidine rings is 1. The predicted octanol–water partition coefficient (Wildman–Crippen LogP) is 2.65. The Labute approximate surface area is 102 Å². The van der Waals surface area contributed by atoms with Gasteiger partial charge in [0.1, 0.15) is 5.82 Å². The highest BCUT2D eigenvalue weighted by molar-refractivity contribution is 5.16. The van der Waals surface area contributed by atoms with E-state index in [-0.39, 0.29) is 18.5 Å². The molecule has 1 heterocycles. The van der Waals surface area contributed by atoms with Crippen LogP contribution in [0.1, 0.15) is 24.8 Å². The Balaban J connectivity index is 1.86. The first-order chi connectivity index (χ1) is 8.29. The Morgan fingerprint density at radius 2 is 2.00 bits per heavy atom. The summed E-state index contributed by atoms with van der Waals surface area (Å²) in [4.78, 5) is 2.29. The highest BCUT2D eigenvalue weighted by Gasteiger charge is 2.21. The third-order valence-electron chi connectivity index (χ3n) is 3.54. The van der Waals surface area contributed by atoms with E-state index in [0.717, 1.165) is 31.5 Å². The topological polar surface area (TPSA) is 23.1 Å². The van der Waals surface area contributed by atoms with Crippen molar-refractivity contribution >= 4 is 0 Å². The maximum Gasteiger partial charge on any atom is 0.123 e. The summed E-state index contributed by atoms with van der Waals surface area (Å²) in [6.45, 7) is 1.95. The minimum absolute atomic E-state index is 0.00339. The fourth-order valence-corrected chi connectivity index (χ4v) is 2.47. The molecule has 1 atom stereocenters. The SMILES string of the molecule is [O]CC1CCCCN1CCc1ccc(F)cc1. The fraction of sp³-hybridized carbons (Fsp3) is 0.571. The van der Waals surface area contributed by atoms with Crippen LogP contribution in [0.4, 0.5) is 4.39 Å². The first kappa shape index (κ1) is 12.5. The molecular weight excluding hydrogens is 217 g/mol. The first-order valence-electron chi connectivity index (χ1n) is 6.36. The molecule has 1 aliphatic heterocycles. The van der Waals surface area contributed by atoms with Crippen LogP contribution in [-0.2, 0) is 11.5 Å². The van der Waals surface area contributed by atoms with Gasteiger partial charge in [0.05, 0.1) is 6.61 Å². The number of nitrogens with zero attached hydrogens (tertiary/aromatic N) is 1. The van der Waals surface area contributed by atoms with Gasteiger partial charge in [0.25, 0.3) is 0 Å². The lowest BCUT2D eigenvalue weighted by molar-refractivity contribution is 0.0579. The Morgan fingerprint density at radius 1 is 1.24 bits per heavy atom. The van der Waals surface area contributed by atoms with E-state index in [4.69, 9.17) is 0 Å². The van der Waals surface area contributed by atoms with E-state index in [1.165, 1.54) is 25.0 Å². The van der Waals surface area contributed by atoms with Crippen molar-refractivity contribution in [2.45, 2.75) is 31.7 Å². The van der Waals surface area contributed by atoms with Gasteiger partial charge in [-0.25, -0.2) is 9.50 Å². The van der Waals surface area contributed by atoms with Crippen molar-refractivity contribution in [3.8, 4) is 0 Å². The number of rotatable bonds is 4. The number of halogens is 1. The van der Waals surface area contributed by atoms with Crippen molar-refractivity contribution < 1.29 is 9.50 Å². The quantitative estimate of drug-likeness (QED) is 0.788. The van der Waals surface area contributed by atoms with Crippen LogP contribution in [0.3, 0.4) is 0 Å². The average molecular weight is 236 g/mol. The number of hydrogen-bond acceptors (Lipinski definition) is 1. The van der Waals surface area contributed by atoms with Gasteiger partial charge in [-0.3, -0.25) is 4.90 Å². The van der Waals surface area contributed by atoms with Crippen LogP contribution in [0.2, 0.25) is 0 Å². The Bertz CT molecular complexity index is 339.